The number of hydrogen-bond donors (Lipinski definition) is 3. The van der Waals surface area contributed by atoms with Crippen molar-refractivity contribution in [2.24, 2.45) is 11.7 Å². The average molecular weight is 868 g/mol. The molecule has 0 bridgehead atoms. The Balaban J connectivity index is 0.000000249. The van der Waals surface area contributed by atoms with Crippen molar-refractivity contribution < 1.29 is 65.8 Å². The van der Waals surface area contributed by atoms with Gasteiger partial charge in [0.1, 0.15) is 23.5 Å². The number of anilines is 1. The molecule has 0 spiro atoms. The van der Waals surface area contributed by atoms with Crippen molar-refractivity contribution in [3.63, 3.8) is 0 Å². The fourth-order valence-corrected chi connectivity index (χ4v) is 7.51. The van der Waals surface area contributed by atoms with Gasteiger partial charge in [-0.15, -0.1) is 6.42 Å². The lowest BCUT2D eigenvalue weighted by molar-refractivity contribution is -0.385. The fraction of sp³-hybridized carbons (Fsp3) is 0.405. The number of amides is 2. The number of carbonyl (C=O) groups excluding carboxylic acids is 5. The summed E-state index contributed by atoms with van der Waals surface area (Å²) in [5, 5.41) is 19.4. The molecule has 1 saturated carbocycles. The molecule has 21 heteroatoms. The minimum Gasteiger partial charge on any atom is -0.480 e. The Labute approximate surface area is 337 Å². The smallest absolute Gasteiger partial charge is 0.320 e. The van der Waals surface area contributed by atoms with Crippen LogP contribution in [0, 0.1) is 34.2 Å². The molecule has 0 saturated heterocycles. The maximum Gasteiger partial charge on any atom is 0.320 e. The molecule has 5 rings (SSSR count). The summed E-state index contributed by atoms with van der Waals surface area (Å²) in [5.41, 5.74) is 4.73. The molecule has 3 atom stereocenters. The van der Waals surface area contributed by atoms with Crippen molar-refractivity contribution in [2.75, 3.05) is 24.0 Å². The van der Waals surface area contributed by atoms with E-state index in [1.54, 1.807) is 6.92 Å². The molecule has 58 heavy (non-hydrogen) atoms. The summed E-state index contributed by atoms with van der Waals surface area (Å²) in [4.78, 5) is 90.8. The molecule has 1 fully saturated rings. The first kappa shape index (κ1) is 47.3. The number of Topliss-reactive ketones (excluding diaryl/α,β-unsaturated/α-hetero) is 3. The molecular formula is C37H40ClFN3O14PS. The lowest BCUT2D eigenvalue weighted by Gasteiger charge is -2.19. The van der Waals surface area contributed by atoms with Crippen LogP contribution in [-0.2, 0) is 38.4 Å². The average Bonchev–Trinajstić information content (AvgIpc) is 3.39. The van der Waals surface area contributed by atoms with Gasteiger partial charge in [0, 0.05) is 55.2 Å². The van der Waals surface area contributed by atoms with Gasteiger partial charge < -0.3 is 20.5 Å². The number of carbonyl (C=O) groups is 6. The first-order chi connectivity index (χ1) is 26.9. The van der Waals surface area contributed by atoms with E-state index >= 15 is 0 Å². The molecular weight excluding hydrogens is 828 g/mol. The van der Waals surface area contributed by atoms with Crippen LogP contribution in [0.15, 0.2) is 46.4 Å². The van der Waals surface area contributed by atoms with E-state index in [4.69, 9.17) is 38.5 Å². The number of halogens is 2. The van der Waals surface area contributed by atoms with E-state index in [-0.39, 0.29) is 46.8 Å². The largest absolute Gasteiger partial charge is 0.480 e. The Kier molecular flexibility index (Phi) is 15.9. The molecule has 312 valence electrons. The molecule has 2 aromatic rings. The van der Waals surface area contributed by atoms with Crippen LogP contribution in [0.1, 0.15) is 68.6 Å². The van der Waals surface area contributed by atoms with Crippen molar-refractivity contribution in [3.05, 3.63) is 68.0 Å². The Bertz CT molecular complexity index is 2240. The van der Waals surface area contributed by atoms with Gasteiger partial charge in [-0.3, -0.25) is 43.4 Å². The maximum atomic E-state index is 14.4. The Hall–Kier alpha value is -5.12. The molecule has 4 N–H and O–H groups in total. The molecule has 3 unspecified atom stereocenters. The third-order valence-electron chi connectivity index (χ3n) is 8.96. The molecule has 1 heterocycles. The number of sulfone groups is 1. The standard InChI is InChI=1S/C18H15ClFNO3.C14H13NO7S.C5H12NO4P/c1-3-10(2)24-16-9-15(14(20)8-13(16)19)21-17(22)11-6-4-5-7-12(11)18(21)23;1-23(21,22)8-5-6-9(10(7-8)15(19)20)14(18)13-11(16)3-2-4-12(13)17;1-11(9,10)3-2-4(6)5(7)8/h1,8-10H,4-7H2,2H3;5-7,13H,2-4H2,1H3;4H,2-3,6H2,1H3,(H,7,8)(H,9,10). The zero-order valence-electron chi connectivity index (χ0n) is 31.4. The molecule has 0 radical (unpaired) electrons. The summed E-state index contributed by atoms with van der Waals surface area (Å²) in [6.07, 6.45) is 8.84. The van der Waals surface area contributed by atoms with Crippen LogP contribution >= 0.6 is 19.0 Å². The Morgan fingerprint density at radius 2 is 1.64 bits per heavy atom. The van der Waals surface area contributed by atoms with E-state index in [2.05, 4.69) is 5.92 Å². The van der Waals surface area contributed by atoms with Gasteiger partial charge in [0.2, 0.25) is 0 Å². The van der Waals surface area contributed by atoms with Crippen LogP contribution in [0.25, 0.3) is 0 Å². The molecule has 2 aliphatic carbocycles. The SMILES string of the molecule is C#CC(C)Oc1cc(N2C(=O)C3=C(CCCC3)C2=O)c(F)cc1Cl.CP(=O)(O)CCC(N)C(=O)O.CS(=O)(=O)c1ccc(C(=O)C2C(=O)CCCC2=O)c([N+](=O)[O-])c1. The minimum atomic E-state index is -3.70. The van der Waals surface area contributed by atoms with Gasteiger partial charge in [0.05, 0.1) is 26.1 Å². The van der Waals surface area contributed by atoms with Gasteiger partial charge in [-0.25, -0.2) is 17.7 Å². The van der Waals surface area contributed by atoms with E-state index in [0.29, 0.717) is 30.4 Å². The van der Waals surface area contributed by atoms with Crippen LogP contribution < -0.4 is 15.4 Å². The normalized spacial score (nSPS) is 17.7. The molecule has 2 aromatic carbocycles. The molecule has 0 aromatic heterocycles. The topological polar surface area (TPSA) is 276 Å². The van der Waals surface area contributed by atoms with Crippen molar-refractivity contribution in [3.8, 4) is 18.1 Å². The van der Waals surface area contributed by atoms with E-state index < -0.39 is 92.4 Å². The zero-order chi connectivity index (χ0) is 43.9. The van der Waals surface area contributed by atoms with Crippen LogP contribution in [0.2, 0.25) is 5.02 Å². The number of benzene rings is 2. The number of aliphatic carboxylic acids is 1. The highest BCUT2D eigenvalue weighted by molar-refractivity contribution is 7.90. The lowest BCUT2D eigenvalue weighted by atomic mass is 9.81. The summed E-state index contributed by atoms with van der Waals surface area (Å²) in [6.45, 7) is 2.81. The molecule has 1 aliphatic heterocycles. The van der Waals surface area contributed by atoms with E-state index in [9.17, 15) is 56.3 Å². The van der Waals surface area contributed by atoms with Gasteiger partial charge in [0.25, 0.3) is 17.5 Å². The summed E-state index contributed by atoms with van der Waals surface area (Å²) < 4.78 is 53.4. The van der Waals surface area contributed by atoms with Crippen molar-refractivity contribution in [1.29, 1.82) is 0 Å². The second-order valence-corrected chi connectivity index (χ2v) is 18.5. The zero-order valence-corrected chi connectivity index (χ0v) is 33.9. The number of imide groups is 1. The highest BCUT2D eigenvalue weighted by atomic mass is 35.5. The quantitative estimate of drug-likeness (QED) is 0.0536. The monoisotopic (exact) mass is 867 g/mol. The van der Waals surface area contributed by atoms with Gasteiger partial charge in [-0.2, -0.15) is 0 Å². The number of carboxylic acids is 1. The second kappa shape index (κ2) is 19.6. The molecule has 17 nitrogen and oxygen atoms in total. The van der Waals surface area contributed by atoms with Crippen molar-refractivity contribution in [2.45, 2.75) is 75.3 Å². The van der Waals surface area contributed by atoms with E-state index in [1.807, 2.05) is 0 Å². The summed E-state index contributed by atoms with van der Waals surface area (Å²) in [5.74, 6) is -3.95. The van der Waals surface area contributed by atoms with Crippen LogP contribution in [0.3, 0.4) is 0 Å². The lowest BCUT2D eigenvalue weighted by Crippen LogP contribution is -2.35. The molecule has 2 amide bonds. The fourth-order valence-electron chi connectivity index (χ4n) is 5.92. The third-order valence-corrected chi connectivity index (χ3v) is 11.4. The second-order valence-electron chi connectivity index (χ2n) is 13.6. The number of nitro benzene ring substituents is 1. The van der Waals surface area contributed by atoms with Crippen molar-refractivity contribution in [1.82, 2.24) is 0 Å². The van der Waals surface area contributed by atoms with Gasteiger partial charge in [0.15, 0.2) is 40.7 Å². The maximum absolute atomic E-state index is 14.4. The number of nitrogens with zero attached hydrogens (tertiary/aromatic N) is 2. The van der Waals surface area contributed by atoms with Crippen LogP contribution in [0.5, 0.6) is 5.75 Å². The number of rotatable bonds is 11. The number of nitro groups is 1. The summed E-state index contributed by atoms with van der Waals surface area (Å²) in [7, 11) is -6.80. The van der Waals surface area contributed by atoms with Gasteiger partial charge in [-0.1, -0.05) is 17.5 Å². The number of carboxylic acid groups (broad SMARTS) is 1. The predicted molar refractivity (Wildman–Crippen MR) is 207 cm³/mol. The van der Waals surface area contributed by atoms with E-state index in [0.717, 1.165) is 48.3 Å². The number of ketones is 3. The number of nitrogens with two attached hydrogens (primary N) is 1. The number of terminal acetylenes is 1. The Morgan fingerprint density at radius 3 is 2.10 bits per heavy atom. The van der Waals surface area contributed by atoms with E-state index in [1.165, 1.54) is 12.7 Å². The molecule has 3 aliphatic rings. The summed E-state index contributed by atoms with van der Waals surface area (Å²) >= 11 is 5.97. The van der Waals surface area contributed by atoms with Crippen molar-refractivity contribution >= 4 is 75.3 Å². The minimum absolute atomic E-state index is 0.0233. The van der Waals surface area contributed by atoms with Crippen LogP contribution in [0.4, 0.5) is 15.8 Å². The number of ether oxygens (including phenoxy) is 1. The predicted octanol–water partition coefficient (Wildman–Crippen LogP) is 4.43. The Morgan fingerprint density at radius 1 is 1.09 bits per heavy atom. The first-order valence-corrected chi connectivity index (χ1v) is 22.0. The first-order valence-electron chi connectivity index (χ1n) is 17.5. The third kappa shape index (κ3) is 12.0. The van der Waals surface area contributed by atoms with Gasteiger partial charge in [-0.05, 0) is 63.6 Å². The van der Waals surface area contributed by atoms with Gasteiger partial charge >= 0.3 is 5.97 Å². The van der Waals surface area contributed by atoms with Crippen LogP contribution in [-0.4, -0.2) is 89.7 Å². The highest BCUT2D eigenvalue weighted by Gasteiger charge is 2.42. The summed E-state index contributed by atoms with van der Waals surface area (Å²) in [6, 6.07) is 4.03. The highest BCUT2D eigenvalue weighted by Crippen LogP contribution is 2.40. The number of hydrogen-bond acceptors (Lipinski definition) is 13.